The van der Waals surface area contributed by atoms with Crippen molar-refractivity contribution in [3.05, 3.63) is 291 Å². The van der Waals surface area contributed by atoms with Gasteiger partial charge in [0.15, 0.2) is 0 Å². The van der Waals surface area contributed by atoms with Crippen LogP contribution in [0.3, 0.4) is 0 Å². The first-order valence-corrected chi connectivity index (χ1v) is 31.2. The maximum atomic E-state index is 7.17. The van der Waals surface area contributed by atoms with Crippen LogP contribution in [-0.2, 0) is 32.5 Å². The van der Waals surface area contributed by atoms with Crippen molar-refractivity contribution in [2.75, 3.05) is 4.90 Å². The number of para-hydroxylation sites is 2. The van der Waals surface area contributed by atoms with Crippen molar-refractivity contribution in [1.29, 1.82) is 0 Å². The highest BCUT2D eigenvalue weighted by atomic mass is 16.5. The minimum absolute atomic E-state index is 0.0799. The molecule has 3 heteroatoms. The molecule has 4 aliphatic rings. The van der Waals surface area contributed by atoms with E-state index in [4.69, 9.17) is 9.15 Å². The van der Waals surface area contributed by atoms with Crippen LogP contribution in [0, 0.1) is 0 Å². The standard InChI is InChI=1S/C84H73NO2/c1-79(2,3)50-35-40-56-57-41-36-51(80(4,5)6)46-67(57)84(66(56)45-50)63-28-17-13-23-55(63)58-42-39-54(49-68(58)84)85(71-31-19-15-24-59(71)60-27-21-34-76-77(60)62-26-16-20-33-73(62)86-76)72-32-22-30-65-78(72)61-25-14-18-29-64(61)83(65)69-47-52(81(7,8)9)37-43-74(69)87-75-44-38-53(48-70(75)83)82(10,11)12/h13-49H,1-12H3. The molecule has 1 aromatic heterocycles. The maximum Gasteiger partial charge on any atom is 0.136 e. The Balaban J connectivity index is 1.04. The van der Waals surface area contributed by atoms with Crippen LogP contribution >= 0.6 is 0 Å². The number of rotatable bonds is 4. The van der Waals surface area contributed by atoms with Crippen LogP contribution in [0.25, 0.3) is 66.4 Å². The topological polar surface area (TPSA) is 25.6 Å². The predicted octanol–water partition coefficient (Wildman–Crippen LogP) is 22.7. The fraction of sp³-hybridized carbons (Fsp3) is 0.214. The molecular weight excluding hydrogens is 1050 g/mol. The summed E-state index contributed by atoms with van der Waals surface area (Å²) in [5, 5.41) is 2.21. The Morgan fingerprint density at radius 1 is 0.299 bits per heavy atom. The molecule has 16 rings (SSSR count). The Morgan fingerprint density at radius 3 is 1.32 bits per heavy atom. The summed E-state index contributed by atoms with van der Waals surface area (Å²) in [5.41, 5.74) is 28.4. The lowest BCUT2D eigenvalue weighted by molar-refractivity contribution is 0.433. The van der Waals surface area contributed by atoms with Gasteiger partial charge in [0.05, 0.1) is 22.2 Å². The lowest BCUT2D eigenvalue weighted by Gasteiger charge is -2.41. The van der Waals surface area contributed by atoms with Gasteiger partial charge >= 0.3 is 0 Å². The van der Waals surface area contributed by atoms with Gasteiger partial charge in [-0.25, -0.2) is 0 Å². The number of hydrogen-bond acceptors (Lipinski definition) is 3. The van der Waals surface area contributed by atoms with Gasteiger partial charge in [0, 0.05) is 38.7 Å². The van der Waals surface area contributed by atoms with E-state index >= 15 is 0 Å². The first-order chi connectivity index (χ1) is 41.7. The fourth-order valence-corrected chi connectivity index (χ4v) is 15.6. The van der Waals surface area contributed by atoms with E-state index in [1.807, 2.05) is 0 Å². The summed E-state index contributed by atoms with van der Waals surface area (Å²) in [4.78, 5) is 2.62. The van der Waals surface area contributed by atoms with Crippen molar-refractivity contribution in [2.24, 2.45) is 0 Å². The summed E-state index contributed by atoms with van der Waals surface area (Å²) in [6.45, 7) is 28.0. The van der Waals surface area contributed by atoms with Crippen LogP contribution < -0.4 is 9.64 Å². The first-order valence-electron chi connectivity index (χ1n) is 31.2. The molecule has 0 saturated carbocycles. The number of furan rings is 1. The summed E-state index contributed by atoms with van der Waals surface area (Å²) in [6.07, 6.45) is 0. The average molecular weight is 1130 g/mol. The molecule has 0 fully saturated rings. The van der Waals surface area contributed by atoms with Crippen LogP contribution in [-0.4, -0.2) is 0 Å². The first kappa shape index (κ1) is 53.3. The molecule has 0 amide bonds. The van der Waals surface area contributed by atoms with E-state index in [1.54, 1.807) is 0 Å². The molecular formula is C84H73NO2. The van der Waals surface area contributed by atoms with Crippen molar-refractivity contribution in [3.63, 3.8) is 0 Å². The van der Waals surface area contributed by atoms with Crippen LogP contribution in [0.15, 0.2) is 229 Å². The SMILES string of the molecule is CC(C)(C)c1ccc2c(c1)C1(c3cc(C(C)(C)C)ccc3O2)c2ccccc2-c2c(N(c3ccc4c(c3)C3(c5ccccc5-4)c4cc(C(C)(C)C)ccc4-c4ccc(C(C)(C)C)cc43)c3ccccc3-c3cccc4oc5ccccc5c34)cccc21. The van der Waals surface area contributed by atoms with Crippen LogP contribution in [0.2, 0.25) is 0 Å². The van der Waals surface area contributed by atoms with E-state index in [9.17, 15) is 0 Å². The molecule has 0 N–H and O–H groups in total. The highest BCUT2D eigenvalue weighted by molar-refractivity contribution is 6.14. The van der Waals surface area contributed by atoms with Crippen LogP contribution in [0.4, 0.5) is 17.1 Å². The lowest BCUT2D eigenvalue weighted by atomic mass is 9.64. The number of benzene rings is 11. The molecule has 87 heavy (non-hydrogen) atoms. The second-order valence-electron chi connectivity index (χ2n) is 29.2. The molecule has 2 spiro atoms. The smallest absolute Gasteiger partial charge is 0.136 e. The normalized spacial score (nSPS) is 14.7. The number of fused-ring (bicyclic) bond motifs is 22. The Morgan fingerprint density at radius 2 is 0.713 bits per heavy atom. The van der Waals surface area contributed by atoms with Crippen molar-refractivity contribution in [1.82, 2.24) is 0 Å². The fourth-order valence-electron chi connectivity index (χ4n) is 15.6. The number of anilines is 3. The highest BCUT2D eigenvalue weighted by Crippen LogP contribution is 2.67. The summed E-state index contributed by atoms with van der Waals surface area (Å²) >= 11 is 0. The van der Waals surface area contributed by atoms with Gasteiger partial charge < -0.3 is 14.1 Å². The number of ether oxygens (including phenoxy) is 1. The van der Waals surface area contributed by atoms with Gasteiger partial charge in [-0.05, 0) is 171 Å². The molecule has 12 aromatic rings. The van der Waals surface area contributed by atoms with Crippen molar-refractivity contribution >= 4 is 39.0 Å². The van der Waals surface area contributed by atoms with Crippen molar-refractivity contribution in [2.45, 2.75) is 116 Å². The second-order valence-corrected chi connectivity index (χ2v) is 29.2. The maximum absolute atomic E-state index is 7.17. The van der Waals surface area contributed by atoms with Gasteiger partial charge in [-0.15, -0.1) is 0 Å². The number of hydrogen-bond donors (Lipinski definition) is 0. The molecule has 0 atom stereocenters. The zero-order valence-electron chi connectivity index (χ0n) is 52.1. The molecule has 3 nitrogen and oxygen atoms in total. The molecule has 0 bridgehead atoms. The Kier molecular flexibility index (Phi) is 11.1. The molecule has 3 aliphatic carbocycles. The largest absolute Gasteiger partial charge is 0.457 e. The molecule has 0 radical (unpaired) electrons. The van der Waals surface area contributed by atoms with E-state index in [0.29, 0.717) is 0 Å². The summed E-state index contributed by atoms with van der Waals surface area (Å²) in [7, 11) is 0. The highest BCUT2D eigenvalue weighted by Gasteiger charge is 2.55. The second kappa shape index (κ2) is 18.2. The summed E-state index contributed by atoms with van der Waals surface area (Å²) in [5.74, 6) is 1.78. The van der Waals surface area contributed by atoms with Gasteiger partial charge in [0.25, 0.3) is 0 Å². The minimum Gasteiger partial charge on any atom is -0.457 e. The molecule has 0 unspecified atom stereocenters. The summed E-state index contributed by atoms with van der Waals surface area (Å²) in [6, 6.07) is 86.0. The molecule has 11 aromatic carbocycles. The van der Waals surface area contributed by atoms with E-state index < -0.39 is 10.8 Å². The Bertz CT molecular complexity index is 4770. The third-order valence-corrected chi connectivity index (χ3v) is 20.0. The van der Waals surface area contributed by atoms with Gasteiger partial charge in [-0.2, -0.15) is 0 Å². The Hall–Kier alpha value is -9.18. The molecule has 0 saturated heterocycles. The molecule has 426 valence electrons. The van der Waals surface area contributed by atoms with Crippen molar-refractivity contribution < 1.29 is 9.15 Å². The third-order valence-electron chi connectivity index (χ3n) is 20.0. The minimum atomic E-state index is -0.740. The van der Waals surface area contributed by atoms with E-state index in [1.165, 1.54) is 100 Å². The van der Waals surface area contributed by atoms with Gasteiger partial charge in [-0.3, -0.25) is 0 Å². The van der Waals surface area contributed by atoms with E-state index in [2.05, 4.69) is 312 Å². The quantitative estimate of drug-likeness (QED) is 0.176. The lowest BCUT2D eigenvalue weighted by Crippen LogP contribution is -2.33. The van der Waals surface area contributed by atoms with Gasteiger partial charge in [0.2, 0.25) is 0 Å². The average Bonchev–Trinajstić information content (AvgIpc) is 1.55. The predicted molar refractivity (Wildman–Crippen MR) is 362 cm³/mol. The van der Waals surface area contributed by atoms with Crippen molar-refractivity contribution in [3.8, 4) is 56.0 Å². The van der Waals surface area contributed by atoms with Gasteiger partial charge in [-0.1, -0.05) is 247 Å². The zero-order valence-corrected chi connectivity index (χ0v) is 52.1. The van der Waals surface area contributed by atoms with Crippen LogP contribution in [0.1, 0.15) is 150 Å². The Labute approximate surface area is 513 Å². The van der Waals surface area contributed by atoms with E-state index in [-0.39, 0.29) is 21.7 Å². The van der Waals surface area contributed by atoms with E-state index in [0.717, 1.165) is 61.6 Å². The monoisotopic (exact) mass is 1130 g/mol. The number of nitrogens with zero attached hydrogens (tertiary/aromatic N) is 1. The third kappa shape index (κ3) is 7.48. The van der Waals surface area contributed by atoms with Crippen LogP contribution in [0.5, 0.6) is 11.5 Å². The van der Waals surface area contributed by atoms with Gasteiger partial charge in [0.1, 0.15) is 22.7 Å². The summed E-state index contributed by atoms with van der Waals surface area (Å²) < 4.78 is 13.9. The zero-order chi connectivity index (χ0) is 59.9. The molecule has 2 heterocycles. The molecule has 1 aliphatic heterocycles.